The van der Waals surface area contributed by atoms with Crippen molar-refractivity contribution in [1.82, 2.24) is 14.7 Å². The van der Waals surface area contributed by atoms with Gasteiger partial charge in [0.25, 0.3) is 0 Å². The first-order chi connectivity index (χ1) is 13.3. The van der Waals surface area contributed by atoms with Gasteiger partial charge in [-0.3, -0.25) is 14.5 Å². The van der Waals surface area contributed by atoms with Gasteiger partial charge < -0.3 is 9.80 Å². The van der Waals surface area contributed by atoms with Crippen molar-refractivity contribution in [3.63, 3.8) is 0 Å². The third-order valence-corrected chi connectivity index (χ3v) is 6.93. The SMILES string of the molecule is CC1CCCCN1C(=O)C(C1CCCC1)N1CCN(C(=O)CC(C)(C)C)CC1. The van der Waals surface area contributed by atoms with E-state index in [0.29, 0.717) is 24.3 Å². The Bertz CT molecular complexity index is 543. The van der Waals surface area contributed by atoms with Gasteiger partial charge in [0.2, 0.25) is 11.8 Å². The number of amides is 2. The van der Waals surface area contributed by atoms with Crippen LogP contribution in [0.2, 0.25) is 0 Å². The van der Waals surface area contributed by atoms with Crippen molar-refractivity contribution >= 4 is 11.8 Å². The van der Waals surface area contributed by atoms with Crippen LogP contribution in [-0.4, -0.2) is 71.3 Å². The Morgan fingerprint density at radius 1 is 0.893 bits per heavy atom. The molecule has 2 aliphatic heterocycles. The second kappa shape index (κ2) is 9.15. The van der Waals surface area contributed by atoms with E-state index in [2.05, 4.69) is 37.5 Å². The molecule has 3 aliphatic rings. The van der Waals surface area contributed by atoms with E-state index in [4.69, 9.17) is 0 Å². The average molecular weight is 392 g/mol. The molecule has 1 saturated carbocycles. The summed E-state index contributed by atoms with van der Waals surface area (Å²) in [6, 6.07) is 0.405. The van der Waals surface area contributed by atoms with Gasteiger partial charge in [-0.05, 0) is 50.4 Å². The molecule has 5 nitrogen and oxygen atoms in total. The number of rotatable bonds is 4. The fraction of sp³-hybridized carbons (Fsp3) is 0.913. The number of nitrogens with zero attached hydrogens (tertiary/aromatic N) is 3. The van der Waals surface area contributed by atoms with Gasteiger partial charge in [0.15, 0.2) is 0 Å². The first-order valence-corrected chi connectivity index (χ1v) is 11.6. The summed E-state index contributed by atoms with van der Waals surface area (Å²) < 4.78 is 0. The van der Waals surface area contributed by atoms with E-state index in [1.807, 2.05) is 4.90 Å². The molecule has 0 radical (unpaired) electrons. The minimum Gasteiger partial charge on any atom is -0.340 e. The Balaban J connectivity index is 1.65. The maximum absolute atomic E-state index is 13.6. The van der Waals surface area contributed by atoms with Crippen LogP contribution in [0.3, 0.4) is 0 Å². The van der Waals surface area contributed by atoms with Gasteiger partial charge in [0, 0.05) is 45.2 Å². The molecule has 160 valence electrons. The summed E-state index contributed by atoms with van der Waals surface area (Å²) >= 11 is 0. The van der Waals surface area contributed by atoms with Crippen molar-refractivity contribution in [3.8, 4) is 0 Å². The standard InChI is InChI=1S/C23H41N3O2/c1-18-9-7-8-12-26(18)22(28)21(19-10-5-6-11-19)25-15-13-24(14-16-25)20(27)17-23(2,3)4/h18-19,21H,5-17H2,1-4H3. The average Bonchev–Trinajstić information content (AvgIpc) is 3.15. The molecule has 0 aromatic carbocycles. The summed E-state index contributed by atoms with van der Waals surface area (Å²) in [5, 5.41) is 0. The minimum atomic E-state index is 0.0287. The van der Waals surface area contributed by atoms with Crippen molar-refractivity contribution in [2.24, 2.45) is 11.3 Å². The molecule has 3 fully saturated rings. The van der Waals surface area contributed by atoms with E-state index in [0.717, 1.165) is 45.6 Å². The molecular weight excluding hydrogens is 350 g/mol. The van der Waals surface area contributed by atoms with Crippen LogP contribution in [0.5, 0.6) is 0 Å². The number of likely N-dealkylation sites (tertiary alicyclic amines) is 1. The second-order valence-corrected chi connectivity index (χ2v) is 10.5. The number of hydrogen-bond acceptors (Lipinski definition) is 3. The number of piperazine rings is 1. The molecule has 3 rings (SSSR count). The summed E-state index contributed by atoms with van der Waals surface area (Å²) in [5.41, 5.74) is 0.0287. The topological polar surface area (TPSA) is 43.9 Å². The Kier molecular flexibility index (Phi) is 7.06. The number of hydrogen-bond donors (Lipinski definition) is 0. The Morgan fingerprint density at radius 2 is 1.50 bits per heavy atom. The van der Waals surface area contributed by atoms with Gasteiger partial charge in [0.05, 0.1) is 6.04 Å². The second-order valence-electron chi connectivity index (χ2n) is 10.5. The molecule has 2 unspecified atom stereocenters. The maximum Gasteiger partial charge on any atom is 0.240 e. The summed E-state index contributed by atoms with van der Waals surface area (Å²) in [6.45, 7) is 12.7. The highest BCUT2D eigenvalue weighted by atomic mass is 16.2. The predicted molar refractivity (Wildman–Crippen MR) is 113 cm³/mol. The van der Waals surface area contributed by atoms with Gasteiger partial charge in [-0.1, -0.05) is 33.6 Å². The van der Waals surface area contributed by atoms with Gasteiger partial charge in [-0.15, -0.1) is 0 Å². The van der Waals surface area contributed by atoms with Crippen molar-refractivity contribution in [1.29, 1.82) is 0 Å². The molecule has 0 aromatic rings. The number of carbonyl (C=O) groups excluding carboxylic acids is 2. The van der Waals surface area contributed by atoms with E-state index in [1.54, 1.807) is 0 Å². The molecule has 0 aromatic heterocycles. The van der Waals surface area contributed by atoms with E-state index in [-0.39, 0.29) is 17.4 Å². The summed E-state index contributed by atoms with van der Waals surface area (Å²) in [6.07, 6.45) is 9.00. The highest BCUT2D eigenvalue weighted by molar-refractivity contribution is 5.83. The van der Waals surface area contributed by atoms with Crippen LogP contribution in [0.1, 0.15) is 79.1 Å². The zero-order valence-electron chi connectivity index (χ0n) is 18.6. The molecular formula is C23H41N3O2. The molecule has 2 atom stereocenters. The van der Waals surface area contributed by atoms with Crippen LogP contribution < -0.4 is 0 Å². The third-order valence-electron chi connectivity index (χ3n) is 6.93. The lowest BCUT2D eigenvalue weighted by Crippen LogP contribution is -2.60. The Morgan fingerprint density at radius 3 is 2.07 bits per heavy atom. The van der Waals surface area contributed by atoms with Crippen molar-refractivity contribution < 1.29 is 9.59 Å². The zero-order chi connectivity index (χ0) is 20.3. The zero-order valence-corrected chi connectivity index (χ0v) is 18.6. The van der Waals surface area contributed by atoms with E-state index in [9.17, 15) is 9.59 Å². The predicted octanol–water partition coefficient (Wildman–Crippen LogP) is 3.53. The lowest BCUT2D eigenvalue weighted by molar-refractivity contribution is -0.144. The van der Waals surface area contributed by atoms with Crippen LogP contribution >= 0.6 is 0 Å². The molecule has 1 aliphatic carbocycles. The maximum atomic E-state index is 13.6. The molecule has 2 heterocycles. The smallest absolute Gasteiger partial charge is 0.240 e. The van der Waals surface area contributed by atoms with Crippen LogP contribution in [0, 0.1) is 11.3 Å². The lowest BCUT2D eigenvalue weighted by Gasteiger charge is -2.44. The molecule has 0 N–H and O–H groups in total. The largest absolute Gasteiger partial charge is 0.340 e. The Hall–Kier alpha value is -1.10. The van der Waals surface area contributed by atoms with Gasteiger partial charge >= 0.3 is 0 Å². The molecule has 5 heteroatoms. The normalized spacial score (nSPS) is 26.5. The Labute approximate surface area is 171 Å². The monoisotopic (exact) mass is 391 g/mol. The van der Waals surface area contributed by atoms with Crippen molar-refractivity contribution in [2.75, 3.05) is 32.7 Å². The molecule has 2 amide bonds. The molecule has 0 spiro atoms. The fourth-order valence-corrected chi connectivity index (χ4v) is 5.34. The lowest BCUT2D eigenvalue weighted by atomic mass is 9.91. The summed E-state index contributed by atoms with van der Waals surface area (Å²) in [5.74, 6) is 1.13. The summed E-state index contributed by atoms with van der Waals surface area (Å²) in [4.78, 5) is 32.8. The van der Waals surface area contributed by atoms with Crippen LogP contribution in [0.4, 0.5) is 0 Å². The van der Waals surface area contributed by atoms with Crippen LogP contribution in [0.25, 0.3) is 0 Å². The van der Waals surface area contributed by atoms with E-state index < -0.39 is 0 Å². The van der Waals surface area contributed by atoms with Gasteiger partial charge in [-0.25, -0.2) is 0 Å². The first-order valence-electron chi connectivity index (χ1n) is 11.6. The number of carbonyl (C=O) groups is 2. The van der Waals surface area contributed by atoms with E-state index >= 15 is 0 Å². The van der Waals surface area contributed by atoms with Crippen LogP contribution in [-0.2, 0) is 9.59 Å². The van der Waals surface area contributed by atoms with E-state index in [1.165, 1.54) is 32.1 Å². The van der Waals surface area contributed by atoms with Crippen molar-refractivity contribution in [3.05, 3.63) is 0 Å². The number of piperidine rings is 1. The highest BCUT2D eigenvalue weighted by Gasteiger charge is 2.40. The highest BCUT2D eigenvalue weighted by Crippen LogP contribution is 2.33. The van der Waals surface area contributed by atoms with Crippen LogP contribution in [0.15, 0.2) is 0 Å². The van der Waals surface area contributed by atoms with Crippen molar-refractivity contribution in [2.45, 2.75) is 91.1 Å². The minimum absolute atomic E-state index is 0.0287. The third kappa shape index (κ3) is 5.28. The molecule has 28 heavy (non-hydrogen) atoms. The van der Waals surface area contributed by atoms with Gasteiger partial charge in [-0.2, -0.15) is 0 Å². The fourth-order valence-electron chi connectivity index (χ4n) is 5.34. The quantitative estimate of drug-likeness (QED) is 0.736. The molecule has 2 saturated heterocycles. The summed E-state index contributed by atoms with van der Waals surface area (Å²) in [7, 11) is 0. The first kappa shape index (κ1) is 21.6. The molecule has 0 bridgehead atoms. The van der Waals surface area contributed by atoms with Gasteiger partial charge in [0.1, 0.15) is 0 Å².